The summed E-state index contributed by atoms with van der Waals surface area (Å²) < 4.78 is 5.31. The van der Waals surface area contributed by atoms with Crippen LogP contribution >= 0.6 is 11.3 Å². The van der Waals surface area contributed by atoms with E-state index in [9.17, 15) is 9.59 Å². The Balaban J connectivity index is 1.00. The quantitative estimate of drug-likeness (QED) is 0.169. The Hall–Kier alpha value is -5.71. The van der Waals surface area contributed by atoms with Crippen LogP contribution in [0.5, 0.6) is 0 Å². The summed E-state index contributed by atoms with van der Waals surface area (Å²) in [6.07, 6.45) is 8.09. The summed E-state index contributed by atoms with van der Waals surface area (Å²) >= 11 is 1.40. The van der Waals surface area contributed by atoms with Crippen LogP contribution in [-0.2, 0) is 29.7 Å². The Labute approximate surface area is 247 Å². The van der Waals surface area contributed by atoms with Crippen molar-refractivity contribution in [2.75, 3.05) is 22.1 Å². The normalized spacial score (nSPS) is 11.6. The van der Waals surface area contributed by atoms with E-state index in [0.717, 1.165) is 4.88 Å². The Morgan fingerprint density at radius 3 is 2.07 bits per heavy atom. The van der Waals surface area contributed by atoms with Gasteiger partial charge in [0.2, 0.25) is 11.8 Å². The van der Waals surface area contributed by atoms with Crippen molar-refractivity contribution in [2.24, 2.45) is 12.0 Å². The van der Waals surface area contributed by atoms with E-state index in [-0.39, 0.29) is 24.7 Å². The van der Waals surface area contributed by atoms with Gasteiger partial charge < -0.3 is 35.8 Å². The lowest BCUT2D eigenvalue weighted by molar-refractivity contribution is -0.117. The Morgan fingerprint density at radius 2 is 1.44 bits per heavy atom. The molecule has 17 heteroatoms. The molecule has 0 aliphatic heterocycles. The maximum atomic E-state index is 12.6. The highest BCUT2D eigenvalue weighted by Gasteiger charge is 2.13. The number of nitrogen functional groups attached to an aromatic ring is 2. The van der Waals surface area contributed by atoms with Gasteiger partial charge in [-0.1, -0.05) is 0 Å². The van der Waals surface area contributed by atoms with Gasteiger partial charge in [0, 0.05) is 44.1 Å². The van der Waals surface area contributed by atoms with E-state index in [1.54, 1.807) is 38.6 Å². The first-order valence-electron chi connectivity index (χ1n) is 13.1. The summed E-state index contributed by atoms with van der Waals surface area (Å²) in [7, 11) is 1.81. The highest BCUT2D eigenvalue weighted by atomic mass is 32.1. The number of aromatic nitrogens is 9. The second kappa shape index (κ2) is 11.6. The zero-order chi connectivity index (χ0) is 29.9. The minimum Gasteiger partial charge on any atom is -0.382 e. The lowest BCUT2D eigenvalue weighted by Crippen LogP contribution is -2.16. The lowest BCUT2D eigenvalue weighted by Gasteiger charge is -2.08. The molecule has 6 aromatic rings. The van der Waals surface area contributed by atoms with Crippen LogP contribution in [0.15, 0.2) is 54.6 Å². The molecule has 0 saturated carbocycles. The number of hydrogen-bond donors (Lipinski definition) is 4. The maximum Gasteiger partial charge on any atom is 0.227 e. The Bertz CT molecular complexity index is 1980. The predicted molar refractivity (Wildman–Crippen MR) is 163 cm³/mol. The van der Waals surface area contributed by atoms with Crippen LogP contribution < -0.4 is 22.1 Å². The van der Waals surface area contributed by atoms with Crippen LogP contribution in [0.1, 0.15) is 17.7 Å². The minimum atomic E-state index is -0.169. The van der Waals surface area contributed by atoms with Crippen LogP contribution in [0.2, 0.25) is 0 Å². The third-order valence-corrected chi connectivity index (χ3v) is 7.53. The number of thiophene rings is 1. The topological polar surface area (TPSA) is 215 Å². The molecule has 0 radical (unpaired) electrons. The van der Waals surface area contributed by atoms with Gasteiger partial charge >= 0.3 is 0 Å². The Morgan fingerprint density at radius 1 is 0.837 bits per heavy atom. The first kappa shape index (κ1) is 27.5. The molecule has 0 unspecified atom stereocenters. The second-order valence-corrected chi connectivity index (χ2v) is 10.5. The van der Waals surface area contributed by atoms with Crippen LogP contribution in [0.4, 0.5) is 28.3 Å². The van der Waals surface area contributed by atoms with Crippen LogP contribution in [0.3, 0.4) is 0 Å². The smallest absolute Gasteiger partial charge is 0.227 e. The van der Waals surface area contributed by atoms with E-state index >= 15 is 0 Å². The molecular weight excluding hydrogens is 572 g/mol. The van der Waals surface area contributed by atoms with Gasteiger partial charge in [0.1, 0.15) is 35.3 Å². The molecule has 6 aromatic heterocycles. The number of carbonyl (C=O) groups is 2. The van der Waals surface area contributed by atoms with Gasteiger partial charge in [0.25, 0.3) is 0 Å². The number of nitrogens with zero attached hydrogens (tertiary/aromatic N) is 10. The second-order valence-electron chi connectivity index (χ2n) is 9.43. The summed E-state index contributed by atoms with van der Waals surface area (Å²) in [6.45, 7) is 0.783. The largest absolute Gasteiger partial charge is 0.382 e. The summed E-state index contributed by atoms with van der Waals surface area (Å²) in [5.41, 5.74) is 13.8. The average Bonchev–Trinajstić information content (AvgIpc) is 3.78. The zero-order valence-corrected chi connectivity index (χ0v) is 23.7. The SMILES string of the molecule is Cn1c(/N=C/c2ccc(NC(=O)CCn3cnc4c(N)ncnc43)s2)ccc1NC(=O)CCn1cnc2c(N)ncnc21. The van der Waals surface area contributed by atoms with Crippen molar-refractivity contribution in [3.8, 4) is 0 Å². The highest BCUT2D eigenvalue weighted by molar-refractivity contribution is 7.17. The van der Waals surface area contributed by atoms with Crippen molar-refractivity contribution in [1.82, 2.24) is 43.6 Å². The van der Waals surface area contributed by atoms with Crippen LogP contribution in [0, 0.1) is 0 Å². The van der Waals surface area contributed by atoms with Gasteiger partial charge in [0.05, 0.1) is 17.7 Å². The molecule has 218 valence electrons. The van der Waals surface area contributed by atoms with Crippen molar-refractivity contribution in [1.29, 1.82) is 0 Å². The van der Waals surface area contributed by atoms with E-state index in [2.05, 4.69) is 45.5 Å². The van der Waals surface area contributed by atoms with Gasteiger partial charge in [-0.05, 0) is 24.3 Å². The van der Waals surface area contributed by atoms with Gasteiger partial charge in [-0.15, -0.1) is 11.3 Å². The van der Waals surface area contributed by atoms with Gasteiger partial charge in [-0.25, -0.2) is 34.9 Å². The van der Waals surface area contributed by atoms with E-state index in [1.807, 2.05) is 25.2 Å². The number of fused-ring (bicyclic) bond motifs is 2. The summed E-state index contributed by atoms with van der Waals surface area (Å²) in [5, 5.41) is 6.52. The van der Waals surface area contributed by atoms with Crippen LogP contribution in [-0.4, -0.2) is 61.6 Å². The first-order valence-corrected chi connectivity index (χ1v) is 13.9. The number of nitrogens with one attached hydrogen (secondary N) is 2. The van der Waals surface area contributed by atoms with Gasteiger partial charge in [0.15, 0.2) is 22.9 Å². The molecule has 6 N–H and O–H groups in total. The molecule has 2 amide bonds. The Kier molecular flexibility index (Phi) is 7.44. The number of aliphatic imine (C=N–C) groups is 1. The zero-order valence-electron chi connectivity index (χ0n) is 22.9. The van der Waals surface area contributed by atoms with Crippen LogP contribution in [0.25, 0.3) is 22.3 Å². The van der Waals surface area contributed by atoms with E-state index in [4.69, 9.17) is 11.5 Å². The third-order valence-electron chi connectivity index (χ3n) is 6.59. The van der Waals surface area contributed by atoms with E-state index in [0.29, 0.717) is 63.7 Å². The molecule has 6 rings (SSSR count). The molecule has 0 spiro atoms. The summed E-state index contributed by atoms with van der Waals surface area (Å²) in [6, 6.07) is 7.29. The molecule has 0 aliphatic rings. The molecule has 16 nitrogen and oxygen atoms in total. The van der Waals surface area contributed by atoms with Gasteiger partial charge in [-0.3, -0.25) is 9.59 Å². The number of nitrogens with two attached hydrogens (primary N) is 2. The van der Waals surface area contributed by atoms with Gasteiger partial charge in [-0.2, -0.15) is 0 Å². The van der Waals surface area contributed by atoms with Crippen molar-refractivity contribution >= 4 is 80.0 Å². The number of aryl methyl sites for hydroxylation is 2. The monoisotopic (exact) mass is 598 g/mol. The number of rotatable bonds is 10. The van der Waals surface area contributed by atoms with E-state index < -0.39 is 0 Å². The number of anilines is 4. The predicted octanol–water partition coefficient (Wildman–Crippen LogP) is 2.34. The van der Waals surface area contributed by atoms with Crippen molar-refractivity contribution in [3.63, 3.8) is 0 Å². The molecule has 0 saturated heterocycles. The fourth-order valence-corrected chi connectivity index (χ4v) is 5.15. The van der Waals surface area contributed by atoms with Crippen molar-refractivity contribution in [2.45, 2.75) is 25.9 Å². The van der Waals surface area contributed by atoms with Crippen molar-refractivity contribution in [3.05, 3.63) is 54.5 Å². The molecule has 0 atom stereocenters. The molecule has 0 fully saturated rings. The first-order chi connectivity index (χ1) is 20.9. The maximum absolute atomic E-state index is 12.6. The molecule has 43 heavy (non-hydrogen) atoms. The number of imidazole rings is 2. The number of carbonyl (C=O) groups excluding carboxylic acids is 2. The molecule has 0 bridgehead atoms. The highest BCUT2D eigenvalue weighted by Crippen LogP contribution is 2.24. The minimum absolute atomic E-state index is 0.143. The molecule has 6 heterocycles. The van der Waals surface area contributed by atoms with E-state index in [1.165, 1.54) is 24.0 Å². The number of hydrogen-bond acceptors (Lipinski definition) is 12. The molecule has 0 aliphatic carbocycles. The fourth-order valence-electron chi connectivity index (χ4n) is 4.35. The molecule has 0 aromatic carbocycles. The summed E-state index contributed by atoms with van der Waals surface area (Å²) in [5.74, 6) is 1.55. The van der Waals surface area contributed by atoms with Crippen molar-refractivity contribution < 1.29 is 9.59 Å². The third kappa shape index (κ3) is 5.87. The lowest BCUT2D eigenvalue weighted by atomic mass is 10.4. The summed E-state index contributed by atoms with van der Waals surface area (Å²) in [4.78, 5) is 55.2. The standard InChI is InChI=1S/C26H26N14O2S/c1-38-16(3-4-17(38)36-18(41)6-8-39-13-34-21-23(27)30-11-32-25(21)39)29-10-15-2-5-20(43-15)37-19(42)7-9-40-14-35-22-24(28)31-12-33-26(22)40/h2-5,10-14H,6-9H2,1H3,(H,36,41)(H,37,42)(H2,27,30,32)(H2,28,31,33)/b29-10+. The fraction of sp³-hybridized carbons (Fsp3) is 0.192. The molecular formula is C26H26N14O2S. The number of amides is 2. The average molecular weight is 599 g/mol.